The second kappa shape index (κ2) is 6.62. The predicted octanol–water partition coefficient (Wildman–Crippen LogP) is 2.66. The van der Waals surface area contributed by atoms with Crippen molar-refractivity contribution in [1.82, 2.24) is 24.8 Å². The number of H-pyrrole nitrogens is 1. The fraction of sp³-hybridized carbons (Fsp3) is 0.600. The van der Waals surface area contributed by atoms with Crippen molar-refractivity contribution in [3.63, 3.8) is 0 Å². The number of nitrogens with zero attached hydrogens (tertiary/aromatic N) is 4. The van der Waals surface area contributed by atoms with Crippen molar-refractivity contribution in [2.24, 2.45) is 5.41 Å². The molecule has 2 unspecified atom stereocenters. The van der Waals surface area contributed by atoms with Crippen LogP contribution in [0.4, 0.5) is 0 Å². The summed E-state index contributed by atoms with van der Waals surface area (Å²) in [6.07, 6.45) is 6.94. The normalized spacial score (nSPS) is 23.4. The molecular formula is C20H27N5O2. The van der Waals surface area contributed by atoms with Gasteiger partial charge in [0.25, 0.3) is 0 Å². The molecule has 144 valence electrons. The maximum atomic E-state index is 13.4. The molecule has 0 aliphatic carbocycles. The molecule has 2 amide bonds. The largest absolute Gasteiger partial charge is 0.339 e. The van der Waals surface area contributed by atoms with E-state index in [0.717, 1.165) is 42.5 Å². The Morgan fingerprint density at radius 1 is 1.15 bits per heavy atom. The number of aromatic amines is 1. The second-order valence-corrected chi connectivity index (χ2v) is 8.61. The fourth-order valence-corrected chi connectivity index (χ4v) is 4.24. The molecule has 0 spiro atoms. The Balaban J connectivity index is 1.58. The summed E-state index contributed by atoms with van der Waals surface area (Å²) < 4.78 is 0. The number of imidazole rings is 1. The van der Waals surface area contributed by atoms with Gasteiger partial charge < -0.3 is 14.8 Å². The highest BCUT2D eigenvalue weighted by molar-refractivity contribution is 5.90. The van der Waals surface area contributed by atoms with Crippen molar-refractivity contribution < 1.29 is 9.59 Å². The van der Waals surface area contributed by atoms with Gasteiger partial charge in [0, 0.05) is 24.7 Å². The highest BCUT2D eigenvalue weighted by atomic mass is 16.2. The molecule has 0 bridgehead atoms. The van der Waals surface area contributed by atoms with E-state index in [1.165, 1.54) is 0 Å². The van der Waals surface area contributed by atoms with Gasteiger partial charge in [-0.1, -0.05) is 20.8 Å². The molecule has 1 N–H and O–H groups in total. The Kier molecular flexibility index (Phi) is 4.40. The van der Waals surface area contributed by atoms with Gasteiger partial charge in [0.15, 0.2) is 0 Å². The van der Waals surface area contributed by atoms with Crippen molar-refractivity contribution in [1.29, 1.82) is 0 Å². The maximum absolute atomic E-state index is 13.4. The number of likely N-dealkylation sites (tertiary alicyclic amines) is 2. The van der Waals surface area contributed by atoms with Crippen LogP contribution in [-0.2, 0) is 9.59 Å². The Morgan fingerprint density at radius 3 is 2.63 bits per heavy atom. The van der Waals surface area contributed by atoms with Crippen molar-refractivity contribution in [3.05, 3.63) is 24.3 Å². The minimum atomic E-state index is -0.473. The minimum Gasteiger partial charge on any atom is -0.339 e. The molecule has 7 heteroatoms. The molecule has 27 heavy (non-hydrogen) atoms. The summed E-state index contributed by atoms with van der Waals surface area (Å²) in [4.78, 5) is 42.0. The minimum absolute atomic E-state index is 0.0583. The van der Waals surface area contributed by atoms with E-state index in [4.69, 9.17) is 0 Å². The van der Waals surface area contributed by atoms with Crippen LogP contribution in [0.1, 0.15) is 58.3 Å². The molecule has 2 aliphatic heterocycles. The van der Waals surface area contributed by atoms with Crippen molar-refractivity contribution in [3.8, 4) is 0 Å². The van der Waals surface area contributed by atoms with E-state index in [-0.39, 0.29) is 23.9 Å². The third-order valence-electron chi connectivity index (χ3n) is 5.59. The molecule has 2 aliphatic rings. The molecule has 2 aromatic heterocycles. The molecule has 0 saturated carbocycles. The number of aromatic nitrogens is 3. The van der Waals surface area contributed by atoms with E-state index in [2.05, 4.69) is 15.0 Å². The average molecular weight is 369 g/mol. The van der Waals surface area contributed by atoms with E-state index >= 15 is 0 Å². The SMILES string of the molecule is CC(C)(C)C(=O)N1CCCC1C(=O)N1CCCC1c1nc2ccncc2[nH]1. The number of amides is 2. The summed E-state index contributed by atoms with van der Waals surface area (Å²) >= 11 is 0. The highest BCUT2D eigenvalue weighted by Gasteiger charge is 2.43. The highest BCUT2D eigenvalue weighted by Crippen LogP contribution is 2.34. The molecule has 2 atom stereocenters. The van der Waals surface area contributed by atoms with Gasteiger partial charge in [-0.25, -0.2) is 4.98 Å². The van der Waals surface area contributed by atoms with Crippen molar-refractivity contribution in [2.45, 2.75) is 58.5 Å². The van der Waals surface area contributed by atoms with Crippen LogP contribution in [-0.4, -0.2) is 55.7 Å². The van der Waals surface area contributed by atoms with Gasteiger partial charge in [-0.3, -0.25) is 14.6 Å². The number of pyridine rings is 1. The summed E-state index contributed by atoms with van der Waals surface area (Å²) in [5, 5.41) is 0. The summed E-state index contributed by atoms with van der Waals surface area (Å²) in [5.41, 5.74) is 1.28. The van der Waals surface area contributed by atoms with E-state index in [1.54, 1.807) is 17.3 Å². The maximum Gasteiger partial charge on any atom is 0.245 e. The number of hydrogen-bond acceptors (Lipinski definition) is 4. The van der Waals surface area contributed by atoms with Gasteiger partial charge in [0.1, 0.15) is 11.9 Å². The molecule has 4 rings (SSSR count). The van der Waals surface area contributed by atoms with E-state index in [0.29, 0.717) is 13.1 Å². The van der Waals surface area contributed by atoms with Crippen LogP contribution in [0.25, 0.3) is 11.0 Å². The second-order valence-electron chi connectivity index (χ2n) is 8.61. The van der Waals surface area contributed by atoms with Crippen LogP contribution in [0.3, 0.4) is 0 Å². The fourth-order valence-electron chi connectivity index (χ4n) is 4.24. The molecule has 2 fully saturated rings. The van der Waals surface area contributed by atoms with Gasteiger partial charge in [0.05, 0.1) is 23.3 Å². The van der Waals surface area contributed by atoms with Crippen LogP contribution >= 0.6 is 0 Å². The number of carbonyl (C=O) groups is 2. The number of carbonyl (C=O) groups excluding carboxylic acids is 2. The van der Waals surface area contributed by atoms with Crippen molar-refractivity contribution >= 4 is 22.8 Å². The lowest BCUT2D eigenvalue weighted by Crippen LogP contribution is -2.50. The first-order chi connectivity index (χ1) is 12.9. The van der Waals surface area contributed by atoms with Crippen LogP contribution in [0.15, 0.2) is 18.5 Å². The smallest absolute Gasteiger partial charge is 0.245 e. The zero-order valence-electron chi connectivity index (χ0n) is 16.2. The number of hydrogen-bond donors (Lipinski definition) is 1. The monoisotopic (exact) mass is 369 g/mol. The third-order valence-corrected chi connectivity index (χ3v) is 5.59. The summed E-state index contributed by atoms with van der Waals surface area (Å²) in [6, 6.07) is 1.47. The van der Waals surface area contributed by atoms with Gasteiger partial charge in [-0.2, -0.15) is 0 Å². The van der Waals surface area contributed by atoms with Crippen molar-refractivity contribution in [2.75, 3.05) is 13.1 Å². The number of fused-ring (bicyclic) bond motifs is 1. The molecular weight excluding hydrogens is 342 g/mol. The molecule has 7 nitrogen and oxygen atoms in total. The van der Waals surface area contributed by atoms with E-state index in [9.17, 15) is 9.59 Å². The standard InChI is InChI=1S/C20H27N5O2/c1-20(2,3)19(27)25-11-5-7-16(25)18(26)24-10-4-6-15(24)17-22-13-8-9-21-12-14(13)23-17/h8-9,12,15-16H,4-7,10-11H2,1-3H3,(H,22,23). The quantitative estimate of drug-likeness (QED) is 0.882. The van der Waals surface area contributed by atoms with Crippen LogP contribution in [0, 0.1) is 5.41 Å². The molecule has 2 aromatic rings. The Hall–Kier alpha value is -2.44. The lowest BCUT2D eigenvalue weighted by molar-refractivity contribution is -0.148. The van der Waals surface area contributed by atoms with Gasteiger partial charge in [-0.15, -0.1) is 0 Å². The summed E-state index contributed by atoms with van der Waals surface area (Å²) in [5.74, 6) is 0.936. The predicted molar refractivity (Wildman–Crippen MR) is 102 cm³/mol. The first-order valence-electron chi connectivity index (χ1n) is 9.77. The average Bonchev–Trinajstić information content (AvgIpc) is 3.37. The van der Waals surface area contributed by atoms with Crippen LogP contribution < -0.4 is 0 Å². The Labute approximate surface area is 159 Å². The zero-order chi connectivity index (χ0) is 19.2. The molecule has 4 heterocycles. The van der Waals surface area contributed by atoms with Crippen LogP contribution in [0.5, 0.6) is 0 Å². The third kappa shape index (κ3) is 3.19. The van der Waals surface area contributed by atoms with Gasteiger partial charge in [0.2, 0.25) is 11.8 Å². The first kappa shape index (κ1) is 17.9. The van der Waals surface area contributed by atoms with Gasteiger partial charge >= 0.3 is 0 Å². The zero-order valence-corrected chi connectivity index (χ0v) is 16.2. The molecule has 2 saturated heterocycles. The van der Waals surface area contributed by atoms with Gasteiger partial charge in [-0.05, 0) is 31.7 Å². The van der Waals surface area contributed by atoms with Crippen LogP contribution in [0.2, 0.25) is 0 Å². The summed E-state index contributed by atoms with van der Waals surface area (Å²) in [7, 11) is 0. The number of nitrogens with one attached hydrogen (secondary N) is 1. The lowest BCUT2D eigenvalue weighted by atomic mass is 9.94. The summed E-state index contributed by atoms with van der Waals surface area (Å²) in [6.45, 7) is 7.12. The topological polar surface area (TPSA) is 82.2 Å². The van der Waals surface area contributed by atoms with E-state index < -0.39 is 5.41 Å². The lowest BCUT2D eigenvalue weighted by Gasteiger charge is -2.33. The first-order valence-corrected chi connectivity index (χ1v) is 9.77. The Bertz CT molecular complexity index is 836. The van der Waals surface area contributed by atoms with E-state index in [1.807, 2.05) is 31.7 Å². The number of rotatable bonds is 2. The molecule has 0 radical (unpaired) electrons. The Morgan fingerprint density at radius 2 is 1.89 bits per heavy atom. The molecule has 0 aromatic carbocycles.